The van der Waals surface area contributed by atoms with E-state index in [2.05, 4.69) is 0 Å². The molecule has 1 fully saturated rings. The Morgan fingerprint density at radius 3 is 2.41 bits per heavy atom. The molecule has 0 bridgehead atoms. The van der Waals surface area contributed by atoms with Crippen molar-refractivity contribution in [1.82, 2.24) is 0 Å². The average molecular weight is 246 g/mol. The first-order valence-corrected chi connectivity index (χ1v) is 6.27. The normalized spacial score (nSPS) is 30.2. The van der Waals surface area contributed by atoms with E-state index in [-0.39, 0.29) is 30.0 Å². The Labute approximate surface area is 105 Å². The minimum absolute atomic E-state index is 0.00464. The number of methoxy groups -OCH3 is 1. The van der Waals surface area contributed by atoms with Gasteiger partial charge in [-0.15, -0.1) is 0 Å². The summed E-state index contributed by atoms with van der Waals surface area (Å²) in [6.45, 7) is 11.3. The van der Waals surface area contributed by atoms with Gasteiger partial charge in [-0.05, 0) is 34.6 Å². The summed E-state index contributed by atoms with van der Waals surface area (Å²) < 4.78 is 22.7. The zero-order chi connectivity index (χ0) is 13.1. The zero-order valence-electron chi connectivity index (χ0n) is 11.9. The molecule has 1 aliphatic rings. The molecule has 0 spiro atoms. The highest BCUT2D eigenvalue weighted by Gasteiger charge is 2.40. The Kier molecular flexibility index (Phi) is 5.38. The molecule has 0 N–H and O–H groups in total. The van der Waals surface area contributed by atoms with E-state index in [1.807, 2.05) is 34.6 Å². The lowest BCUT2D eigenvalue weighted by atomic mass is 10.1. The first-order chi connectivity index (χ1) is 7.83. The van der Waals surface area contributed by atoms with E-state index in [0.717, 1.165) is 0 Å². The fraction of sp³-hybridized carbons (Fsp3) is 1.00. The van der Waals surface area contributed by atoms with Gasteiger partial charge in [0.05, 0.1) is 24.9 Å². The lowest BCUT2D eigenvalue weighted by molar-refractivity contribution is -0.132. The van der Waals surface area contributed by atoms with Crippen LogP contribution in [0.4, 0.5) is 0 Å². The van der Waals surface area contributed by atoms with Crippen molar-refractivity contribution in [1.29, 1.82) is 0 Å². The molecular weight excluding hydrogens is 220 g/mol. The molecular formula is C13H26O4. The lowest BCUT2D eigenvalue weighted by Crippen LogP contribution is -2.42. The van der Waals surface area contributed by atoms with Crippen LogP contribution in [0.5, 0.6) is 0 Å². The SMILES string of the molecule is COC1CO[C@H](COC(C)C)C1OC(C)(C)C. The van der Waals surface area contributed by atoms with Gasteiger partial charge in [0.15, 0.2) is 0 Å². The second-order valence-electron chi connectivity index (χ2n) is 5.72. The summed E-state index contributed by atoms with van der Waals surface area (Å²) >= 11 is 0. The first-order valence-electron chi connectivity index (χ1n) is 6.27. The van der Waals surface area contributed by atoms with Crippen molar-refractivity contribution in [2.45, 2.75) is 64.6 Å². The highest BCUT2D eigenvalue weighted by atomic mass is 16.6. The van der Waals surface area contributed by atoms with Gasteiger partial charge in [0.1, 0.15) is 18.3 Å². The van der Waals surface area contributed by atoms with Crippen LogP contribution in [0.2, 0.25) is 0 Å². The van der Waals surface area contributed by atoms with Crippen LogP contribution in [-0.2, 0) is 18.9 Å². The summed E-state index contributed by atoms with van der Waals surface area (Å²) in [5, 5.41) is 0. The van der Waals surface area contributed by atoms with Gasteiger partial charge >= 0.3 is 0 Å². The largest absolute Gasteiger partial charge is 0.376 e. The molecule has 17 heavy (non-hydrogen) atoms. The second kappa shape index (κ2) is 6.14. The third-order valence-corrected chi connectivity index (χ3v) is 2.59. The molecule has 0 aromatic carbocycles. The molecule has 0 saturated carbocycles. The molecule has 4 heteroatoms. The highest BCUT2D eigenvalue weighted by Crippen LogP contribution is 2.25. The van der Waals surface area contributed by atoms with E-state index in [0.29, 0.717) is 13.2 Å². The van der Waals surface area contributed by atoms with Gasteiger partial charge in [-0.1, -0.05) is 0 Å². The van der Waals surface area contributed by atoms with Crippen LogP contribution < -0.4 is 0 Å². The predicted octanol–water partition coefficient (Wildman–Crippen LogP) is 2.01. The predicted molar refractivity (Wildman–Crippen MR) is 66.3 cm³/mol. The molecule has 0 aromatic rings. The van der Waals surface area contributed by atoms with Crippen LogP contribution in [0, 0.1) is 0 Å². The van der Waals surface area contributed by atoms with E-state index < -0.39 is 0 Å². The van der Waals surface area contributed by atoms with Crippen LogP contribution in [0.3, 0.4) is 0 Å². The quantitative estimate of drug-likeness (QED) is 0.743. The minimum Gasteiger partial charge on any atom is -0.376 e. The Bertz CT molecular complexity index is 222. The van der Waals surface area contributed by atoms with E-state index >= 15 is 0 Å². The number of ether oxygens (including phenoxy) is 4. The van der Waals surface area contributed by atoms with Gasteiger partial charge in [0, 0.05) is 7.11 Å². The summed E-state index contributed by atoms with van der Waals surface area (Å²) in [5.41, 5.74) is -0.203. The summed E-state index contributed by atoms with van der Waals surface area (Å²) in [6, 6.07) is 0. The first kappa shape index (κ1) is 14.9. The molecule has 102 valence electrons. The van der Waals surface area contributed by atoms with Crippen molar-refractivity contribution in [2.24, 2.45) is 0 Å². The zero-order valence-corrected chi connectivity index (χ0v) is 11.9. The van der Waals surface area contributed by atoms with Gasteiger partial charge in [0.25, 0.3) is 0 Å². The molecule has 1 rings (SSSR count). The molecule has 0 radical (unpaired) electrons. The molecule has 1 heterocycles. The van der Waals surface area contributed by atoms with Crippen molar-refractivity contribution in [3.05, 3.63) is 0 Å². The third kappa shape index (κ3) is 4.92. The van der Waals surface area contributed by atoms with Crippen LogP contribution in [0.25, 0.3) is 0 Å². The number of hydrogen-bond donors (Lipinski definition) is 0. The number of hydrogen-bond acceptors (Lipinski definition) is 4. The van der Waals surface area contributed by atoms with Gasteiger partial charge < -0.3 is 18.9 Å². The van der Waals surface area contributed by atoms with Gasteiger partial charge in [-0.2, -0.15) is 0 Å². The maximum absolute atomic E-state index is 6.02. The minimum atomic E-state index is -0.203. The fourth-order valence-corrected chi connectivity index (χ4v) is 1.84. The molecule has 4 nitrogen and oxygen atoms in total. The summed E-state index contributed by atoms with van der Waals surface area (Å²) in [4.78, 5) is 0. The summed E-state index contributed by atoms with van der Waals surface area (Å²) in [5.74, 6) is 0. The molecule has 0 aromatic heterocycles. The Balaban J connectivity index is 2.56. The van der Waals surface area contributed by atoms with E-state index in [4.69, 9.17) is 18.9 Å². The maximum atomic E-state index is 6.02. The molecule has 0 amide bonds. The molecule has 1 saturated heterocycles. The van der Waals surface area contributed by atoms with Crippen LogP contribution in [0.15, 0.2) is 0 Å². The highest BCUT2D eigenvalue weighted by molar-refractivity contribution is 4.87. The Morgan fingerprint density at radius 1 is 1.29 bits per heavy atom. The molecule has 2 unspecified atom stereocenters. The second-order valence-corrected chi connectivity index (χ2v) is 5.72. The van der Waals surface area contributed by atoms with Crippen LogP contribution in [0.1, 0.15) is 34.6 Å². The van der Waals surface area contributed by atoms with E-state index in [1.54, 1.807) is 7.11 Å². The van der Waals surface area contributed by atoms with Crippen molar-refractivity contribution < 1.29 is 18.9 Å². The topological polar surface area (TPSA) is 36.9 Å². The summed E-state index contributed by atoms with van der Waals surface area (Å²) in [7, 11) is 1.69. The fourth-order valence-electron chi connectivity index (χ4n) is 1.84. The van der Waals surface area contributed by atoms with Gasteiger partial charge in [-0.3, -0.25) is 0 Å². The monoisotopic (exact) mass is 246 g/mol. The lowest BCUT2D eigenvalue weighted by Gasteiger charge is -2.30. The standard InChI is InChI=1S/C13H26O4/c1-9(2)15-8-11-12(17-13(3,4)5)10(14-6)7-16-11/h9-12H,7-8H2,1-6H3/t10?,11-,12?/m1/s1. The van der Waals surface area contributed by atoms with Crippen molar-refractivity contribution in [3.63, 3.8) is 0 Å². The molecule has 3 atom stereocenters. The Morgan fingerprint density at radius 2 is 1.94 bits per heavy atom. The number of rotatable bonds is 5. The summed E-state index contributed by atoms with van der Waals surface area (Å²) in [6.07, 6.45) is 0.103. The van der Waals surface area contributed by atoms with E-state index in [9.17, 15) is 0 Å². The molecule has 1 aliphatic heterocycles. The molecule has 0 aliphatic carbocycles. The third-order valence-electron chi connectivity index (χ3n) is 2.59. The van der Waals surface area contributed by atoms with Crippen molar-refractivity contribution >= 4 is 0 Å². The van der Waals surface area contributed by atoms with E-state index in [1.165, 1.54) is 0 Å². The maximum Gasteiger partial charge on any atom is 0.115 e. The average Bonchev–Trinajstić information content (AvgIpc) is 2.55. The smallest absolute Gasteiger partial charge is 0.115 e. The van der Waals surface area contributed by atoms with Gasteiger partial charge in [0.2, 0.25) is 0 Å². The van der Waals surface area contributed by atoms with Crippen LogP contribution >= 0.6 is 0 Å². The van der Waals surface area contributed by atoms with Crippen molar-refractivity contribution in [2.75, 3.05) is 20.3 Å². The van der Waals surface area contributed by atoms with Crippen molar-refractivity contribution in [3.8, 4) is 0 Å². The van der Waals surface area contributed by atoms with Gasteiger partial charge in [-0.25, -0.2) is 0 Å². The van der Waals surface area contributed by atoms with Crippen LogP contribution in [-0.4, -0.2) is 50.3 Å². The Hall–Kier alpha value is -0.160.